The minimum absolute atomic E-state index is 0. The molecule has 0 aromatic heterocycles. The first kappa shape index (κ1) is 38.7. The zero-order chi connectivity index (χ0) is 31.4. The van der Waals surface area contributed by atoms with Crippen LogP contribution in [0.15, 0.2) is 18.2 Å². The summed E-state index contributed by atoms with van der Waals surface area (Å²) >= 11 is 0. The van der Waals surface area contributed by atoms with E-state index in [1.165, 1.54) is 30.4 Å². The monoisotopic (exact) mass is 854 g/mol. The van der Waals surface area contributed by atoms with Crippen LogP contribution in [0.2, 0.25) is 0 Å². The van der Waals surface area contributed by atoms with Gasteiger partial charge in [0.2, 0.25) is 0 Å². The van der Waals surface area contributed by atoms with Gasteiger partial charge in [-0.3, -0.25) is 0 Å². The summed E-state index contributed by atoms with van der Waals surface area (Å²) in [5.74, 6) is 1.26. The molecule has 1 aromatic rings. The molecule has 3 aliphatic rings. The molecule has 0 N–H and O–H groups in total. The van der Waals surface area contributed by atoms with Crippen LogP contribution in [-0.4, -0.2) is 43.4 Å². The van der Waals surface area contributed by atoms with Crippen molar-refractivity contribution in [1.29, 1.82) is 0 Å². The minimum atomic E-state index is -6.72. The maximum absolute atomic E-state index is 13.0. The summed E-state index contributed by atoms with van der Waals surface area (Å²) in [4.78, 5) is 0. The summed E-state index contributed by atoms with van der Waals surface area (Å²) in [5.41, 5.74) is -3.75. The maximum Gasteiger partial charge on any atom is 2.00 e. The molecule has 3 aliphatic carbocycles. The van der Waals surface area contributed by atoms with Crippen LogP contribution in [0.1, 0.15) is 95.1 Å². The first-order valence-electron chi connectivity index (χ1n) is 14.8. The van der Waals surface area contributed by atoms with Crippen LogP contribution in [-0.2, 0) is 15.9 Å². The van der Waals surface area contributed by atoms with E-state index >= 15 is 0 Å². The zero-order valence-electron chi connectivity index (χ0n) is 24.7. The Hall–Kier alpha value is -0.438. The number of rotatable bonds is 9. The molecule has 244 valence electrons. The number of hydrogen-bond donors (Lipinski definition) is 0. The molecule has 4 rings (SSSR count). The van der Waals surface area contributed by atoms with E-state index in [1.54, 1.807) is 0 Å². The normalized spacial score (nSPS) is 27.3. The van der Waals surface area contributed by atoms with Gasteiger partial charge in [0.1, 0.15) is 0 Å². The van der Waals surface area contributed by atoms with Crippen LogP contribution in [0, 0.1) is 61.4 Å². The van der Waals surface area contributed by atoms with Crippen molar-refractivity contribution >= 4 is 0 Å². The molecule has 0 aliphatic heterocycles. The Morgan fingerprint density at radius 2 is 1.56 bits per heavy atom. The smallest absolute Gasteiger partial charge is 0.378 e. The van der Waals surface area contributed by atoms with Crippen molar-refractivity contribution in [2.75, 3.05) is 13.2 Å². The van der Waals surface area contributed by atoms with Gasteiger partial charge in [0.15, 0.2) is 0 Å². The van der Waals surface area contributed by atoms with Crippen molar-refractivity contribution < 1.29 is 80.1 Å². The number of fused-ring (bicyclic) bond motifs is 5. The van der Waals surface area contributed by atoms with Crippen molar-refractivity contribution in [1.82, 2.24) is 0 Å². The third-order valence-corrected chi connectivity index (χ3v) is 9.46. The largest absolute Gasteiger partial charge is 2.00 e. The van der Waals surface area contributed by atoms with Crippen molar-refractivity contribution in [3.05, 3.63) is 42.3 Å². The quantitative estimate of drug-likeness (QED) is 0.140. The average molecular weight is 855 g/mol. The molecule has 0 saturated heterocycles. The van der Waals surface area contributed by atoms with E-state index < -0.39 is 37.2 Å². The summed E-state index contributed by atoms with van der Waals surface area (Å²) in [7, 11) is 0. The van der Waals surface area contributed by atoms with E-state index in [0.29, 0.717) is 24.2 Å². The van der Waals surface area contributed by atoms with Crippen LogP contribution in [0.3, 0.4) is 0 Å². The summed E-state index contributed by atoms with van der Waals surface area (Å²) in [6, 6.07) is 9.21. The zero-order valence-corrected chi connectivity index (χ0v) is 28.8. The number of hydrogen-bond acceptors (Lipinski definition) is 2. The van der Waals surface area contributed by atoms with Crippen molar-refractivity contribution in [3.63, 3.8) is 0 Å². The molecule has 0 radical (unpaired) electrons. The third kappa shape index (κ3) is 8.11. The maximum atomic E-state index is 13.0. The number of aryl methyl sites for hydroxylation is 1. The number of halogens is 9. The van der Waals surface area contributed by atoms with Gasteiger partial charge >= 0.3 is 55.2 Å². The fraction of sp³-hybridized carbons (Fsp3) is 0.774. The second-order valence-electron chi connectivity index (χ2n) is 12.0. The van der Waals surface area contributed by atoms with E-state index in [9.17, 15) is 39.5 Å². The number of benzene rings is 1. The summed E-state index contributed by atoms with van der Waals surface area (Å²) in [6.45, 7) is 6.35. The standard InChI is InChI=1S/C25H28F9O2.C6H13.U/c1-21-12-11-17-16-6-3-2-5-15(16)7-8-18(17)19(21)9-10-20(21)35-13-4-14-36-22(23(26,27)28,24(29,30)31)25(32,33)34;1-3-5-6-4-2;/h3,5-6,17-20H,4,7-14H2,1H3;1,3-6H2,2H3;/q2*-1;+2. The van der Waals surface area contributed by atoms with Crippen molar-refractivity contribution in [3.8, 4) is 0 Å². The van der Waals surface area contributed by atoms with Crippen LogP contribution in [0.25, 0.3) is 0 Å². The average Bonchev–Trinajstić information content (AvgIpc) is 3.23. The van der Waals surface area contributed by atoms with Gasteiger partial charge in [-0.15, -0.1) is 0 Å². The number of unbranched alkanes of at least 4 members (excludes halogenated alkanes) is 3. The molecule has 0 amide bonds. The van der Waals surface area contributed by atoms with E-state index in [-0.39, 0.29) is 49.2 Å². The molecule has 0 bridgehead atoms. The molecule has 5 unspecified atom stereocenters. The molecule has 2 fully saturated rings. The Morgan fingerprint density at radius 3 is 2.12 bits per heavy atom. The number of ether oxygens (including phenoxy) is 2. The fourth-order valence-corrected chi connectivity index (χ4v) is 7.34. The van der Waals surface area contributed by atoms with Gasteiger partial charge in [0.25, 0.3) is 0 Å². The topological polar surface area (TPSA) is 18.5 Å². The molecule has 2 nitrogen and oxygen atoms in total. The minimum Gasteiger partial charge on any atom is -0.378 e. The first-order chi connectivity index (χ1) is 19.5. The summed E-state index contributed by atoms with van der Waals surface area (Å²) in [5, 5.41) is 0. The van der Waals surface area contributed by atoms with Gasteiger partial charge < -0.3 is 16.4 Å². The Labute approximate surface area is 272 Å². The van der Waals surface area contributed by atoms with Gasteiger partial charge in [0.05, 0.1) is 12.7 Å². The second-order valence-corrected chi connectivity index (χ2v) is 12.0. The van der Waals surface area contributed by atoms with E-state index in [1.807, 2.05) is 12.1 Å². The van der Waals surface area contributed by atoms with Crippen LogP contribution < -0.4 is 0 Å². The van der Waals surface area contributed by atoms with Gasteiger partial charge in [-0.2, -0.15) is 81.3 Å². The predicted molar refractivity (Wildman–Crippen MR) is 141 cm³/mol. The molecule has 12 heteroatoms. The molecule has 5 atom stereocenters. The van der Waals surface area contributed by atoms with Gasteiger partial charge in [-0.05, 0) is 55.3 Å². The Bertz CT molecular complexity index is 955. The van der Waals surface area contributed by atoms with Gasteiger partial charge in [0, 0.05) is 6.61 Å². The summed E-state index contributed by atoms with van der Waals surface area (Å²) in [6.07, 6.45) is -10.5. The van der Waals surface area contributed by atoms with E-state index in [0.717, 1.165) is 38.5 Å². The van der Waals surface area contributed by atoms with E-state index in [4.69, 9.17) is 4.74 Å². The van der Waals surface area contributed by atoms with Crippen molar-refractivity contribution in [2.45, 2.75) is 121 Å². The SMILES string of the molecule is CC12CCC3c4cc[c-]cc4CCC3C1CCC2OCCCOC(C(F)(F)F)(C(F)(F)F)C(F)(F)F.[CH2-]CCCCC.[U+2]. The van der Waals surface area contributed by atoms with Crippen molar-refractivity contribution in [2.24, 2.45) is 17.3 Å². The molecular weight excluding hydrogens is 813 g/mol. The molecule has 2 saturated carbocycles. The van der Waals surface area contributed by atoms with Crippen LogP contribution >= 0.6 is 0 Å². The Kier molecular flexibility index (Phi) is 13.9. The third-order valence-electron chi connectivity index (χ3n) is 9.46. The second kappa shape index (κ2) is 15.4. The molecule has 1 aromatic carbocycles. The number of alkyl halides is 9. The van der Waals surface area contributed by atoms with E-state index in [2.05, 4.69) is 37.6 Å². The molecule has 43 heavy (non-hydrogen) atoms. The fourth-order valence-electron chi connectivity index (χ4n) is 7.34. The van der Waals surface area contributed by atoms with Crippen LogP contribution in [0.5, 0.6) is 0 Å². The van der Waals surface area contributed by atoms with Crippen LogP contribution in [0.4, 0.5) is 39.5 Å². The first-order valence-corrected chi connectivity index (χ1v) is 14.8. The molecule has 0 heterocycles. The Balaban J connectivity index is 0.000000837. The van der Waals surface area contributed by atoms with Gasteiger partial charge in [-0.25, -0.2) is 0 Å². The molecular formula is C31H41F9O2U. The van der Waals surface area contributed by atoms with Gasteiger partial charge in [-0.1, -0.05) is 46.0 Å². The molecule has 0 spiro atoms. The Morgan fingerprint density at radius 1 is 0.907 bits per heavy atom. The predicted octanol–water partition coefficient (Wildman–Crippen LogP) is 9.96. The summed E-state index contributed by atoms with van der Waals surface area (Å²) < 4.78 is 126.